The van der Waals surface area contributed by atoms with Crippen molar-refractivity contribution in [2.45, 2.75) is 51.4 Å². The van der Waals surface area contributed by atoms with Crippen LogP contribution in [0.1, 0.15) is 28.8 Å². The van der Waals surface area contributed by atoms with Crippen LogP contribution in [0.4, 0.5) is 5.69 Å². The molecule has 0 aliphatic carbocycles. The van der Waals surface area contributed by atoms with Crippen molar-refractivity contribution >= 4 is 34.7 Å². The third kappa shape index (κ3) is 4.77. The second-order valence-electron chi connectivity index (χ2n) is 7.58. The summed E-state index contributed by atoms with van der Waals surface area (Å²) in [5.74, 6) is 1.07. The van der Waals surface area contributed by atoms with Gasteiger partial charge in [-0.25, -0.2) is 0 Å². The number of anilines is 1. The average molecular weight is 443 g/mol. The first-order valence-corrected chi connectivity index (χ1v) is 12.0. The Kier molecular flexibility index (Phi) is 6.55. The molecular weight excluding hydrogens is 416 g/mol. The number of rotatable bonds is 7. The second kappa shape index (κ2) is 9.32. The Morgan fingerprint density at radius 3 is 2.93 bits per heavy atom. The number of hydrogen-bond donors (Lipinski definition) is 1. The third-order valence-corrected chi connectivity index (χ3v) is 7.16. The van der Waals surface area contributed by atoms with E-state index in [-0.39, 0.29) is 17.8 Å². The van der Waals surface area contributed by atoms with E-state index in [2.05, 4.69) is 38.5 Å². The Morgan fingerprint density at radius 2 is 2.20 bits per heavy atom. The van der Waals surface area contributed by atoms with Crippen molar-refractivity contribution in [2.24, 2.45) is 0 Å². The van der Waals surface area contributed by atoms with Gasteiger partial charge in [0.1, 0.15) is 0 Å². The molecule has 2 aromatic heterocycles. The first kappa shape index (κ1) is 21.1. The fourth-order valence-corrected chi connectivity index (χ4v) is 4.96. The highest BCUT2D eigenvalue weighted by Gasteiger charge is 2.22. The van der Waals surface area contributed by atoms with E-state index < -0.39 is 0 Å². The lowest BCUT2D eigenvalue weighted by Crippen LogP contribution is -2.18. The first-order chi connectivity index (χ1) is 14.5. The van der Waals surface area contributed by atoms with E-state index in [1.165, 1.54) is 16.6 Å². The summed E-state index contributed by atoms with van der Waals surface area (Å²) in [5, 5.41) is 14.7. The van der Waals surface area contributed by atoms with Crippen LogP contribution < -0.4 is 5.32 Å². The number of hydrogen-bond acceptors (Lipinski definition) is 6. The highest BCUT2D eigenvalue weighted by Crippen LogP contribution is 2.29. The number of ether oxygens (including phenoxy) is 1. The Balaban J connectivity index is 1.49. The number of carbonyl (C=O) groups is 1. The maximum absolute atomic E-state index is 12.6. The molecule has 4 rings (SSSR count). The molecule has 1 unspecified atom stereocenters. The van der Waals surface area contributed by atoms with Gasteiger partial charge in [0.05, 0.1) is 18.4 Å². The van der Waals surface area contributed by atoms with Crippen LogP contribution in [-0.2, 0) is 16.1 Å². The molecule has 1 saturated heterocycles. The van der Waals surface area contributed by atoms with E-state index in [4.69, 9.17) is 4.74 Å². The Labute approximate surface area is 185 Å². The van der Waals surface area contributed by atoms with Gasteiger partial charge in [-0.05, 0) is 56.9 Å². The van der Waals surface area contributed by atoms with E-state index in [1.807, 2.05) is 32.0 Å². The summed E-state index contributed by atoms with van der Waals surface area (Å²) >= 11 is 3.11. The number of carbonyl (C=O) groups excluding carboxylic acids is 1. The maximum Gasteiger partial charge on any atom is 0.234 e. The smallest absolute Gasteiger partial charge is 0.234 e. The van der Waals surface area contributed by atoms with Crippen LogP contribution in [0.15, 0.2) is 34.8 Å². The van der Waals surface area contributed by atoms with Gasteiger partial charge in [-0.15, -0.1) is 21.5 Å². The zero-order chi connectivity index (χ0) is 21.1. The van der Waals surface area contributed by atoms with Gasteiger partial charge in [0.15, 0.2) is 11.0 Å². The molecule has 1 fully saturated rings. The zero-order valence-electron chi connectivity index (χ0n) is 17.5. The van der Waals surface area contributed by atoms with Gasteiger partial charge in [0, 0.05) is 28.1 Å². The largest absolute Gasteiger partial charge is 0.376 e. The van der Waals surface area contributed by atoms with Crippen molar-refractivity contribution < 1.29 is 9.53 Å². The van der Waals surface area contributed by atoms with Crippen LogP contribution in [0, 0.1) is 20.8 Å². The molecule has 1 aromatic carbocycles. The molecule has 30 heavy (non-hydrogen) atoms. The monoisotopic (exact) mass is 442 g/mol. The number of aryl methyl sites for hydroxylation is 2. The Hall–Kier alpha value is -2.16. The molecule has 158 valence electrons. The summed E-state index contributed by atoms with van der Waals surface area (Å²) < 4.78 is 7.95. The molecule has 1 N–H and O–H groups in total. The average Bonchev–Trinajstić information content (AvgIpc) is 3.46. The minimum absolute atomic E-state index is 0.0479. The molecule has 0 radical (unpaired) electrons. The molecule has 1 amide bonds. The van der Waals surface area contributed by atoms with Crippen LogP contribution in [0.5, 0.6) is 0 Å². The summed E-state index contributed by atoms with van der Waals surface area (Å²) in [7, 11) is 0. The lowest BCUT2D eigenvalue weighted by atomic mass is 10.1. The standard InChI is InChI=1S/C22H26N4O2S2/c1-14-6-4-8-19(16(14)3)23-20(27)13-30-22-25-24-21(17-10-15(2)29-12-17)26(22)11-18-7-5-9-28-18/h4,6,8,10,12,18H,5,7,9,11,13H2,1-3H3,(H,23,27). The van der Waals surface area contributed by atoms with Gasteiger partial charge < -0.3 is 10.1 Å². The van der Waals surface area contributed by atoms with Crippen LogP contribution in [0.25, 0.3) is 11.4 Å². The van der Waals surface area contributed by atoms with Gasteiger partial charge in [0.2, 0.25) is 5.91 Å². The van der Waals surface area contributed by atoms with Gasteiger partial charge in [-0.3, -0.25) is 9.36 Å². The molecule has 0 spiro atoms. The number of thioether (sulfide) groups is 1. The summed E-state index contributed by atoms with van der Waals surface area (Å²) in [6.45, 7) is 7.66. The number of benzene rings is 1. The summed E-state index contributed by atoms with van der Waals surface area (Å²) in [5.41, 5.74) is 4.17. The highest BCUT2D eigenvalue weighted by atomic mass is 32.2. The molecule has 3 heterocycles. The maximum atomic E-state index is 12.6. The number of aromatic nitrogens is 3. The molecule has 3 aromatic rings. The van der Waals surface area contributed by atoms with Crippen molar-refractivity contribution in [2.75, 3.05) is 17.7 Å². The fourth-order valence-electron chi connectivity index (χ4n) is 3.53. The highest BCUT2D eigenvalue weighted by molar-refractivity contribution is 7.99. The van der Waals surface area contributed by atoms with Crippen molar-refractivity contribution in [1.29, 1.82) is 0 Å². The lowest BCUT2D eigenvalue weighted by molar-refractivity contribution is -0.113. The molecule has 0 saturated carbocycles. The topological polar surface area (TPSA) is 69.0 Å². The van der Waals surface area contributed by atoms with Gasteiger partial charge >= 0.3 is 0 Å². The lowest BCUT2D eigenvalue weighted by Gasteiger charge is -2.14. The quantitative estimate of drug-likeness (QED) is 0.530. The predicted octanol–water partition coefficient (Wildman–Crippen LogP) is 4.84. The van der Waals surface area contributed by atoms with Crippen molar-refractivity contribution in [3.05, 3.63) is 45.6 Å². The number of amides is 1. The van der Waals surface area contributed by atoms with Crippen molar-refractivity contribution in [3.63, 3.8) is 0 Å². The van der Waals surface area contributed by atoms with E-state index >= 15 is 0 Å². The number of nitrogens with one attached hydrogen (secondary N) is 1. The molecule has 8 heteroatoms. The second-order valence-corrected chi connectivity index (χ2v) is 9.64. The Bertz CT molecular complexity index is 1040. The van der Waals surface area contributed by atoms with Crippen molar-refractivity contribution in [3.8, 4) is 11.4 Å². The summed E-state index contributed by atoms with van der Waals surface area (Å²) in [6, 6.07) is 8.06. The Morgan fingerprint density at radius 1 is 1.33 bits per heavy atom. The van der Waals surface area contributed by atoms with Crippen LogP contribution in [0.2, 0.25) is 0 Å². The summed E-state index contributed by atoms with van der Waals surface area (Å²) in [4.78, 5) is 13.8. The van der Waals surface area contributed by atoms with Gasteiger partial charge in [-0.2, -0.15) is 0 Å². The summed E-state index contributed by atoms with van der Waals surface area (Å²) in [6.07, 6.45) is 2.29. The third-order valence-electron chi connectivity index (χ3n) is 5.33. The minimum atomic E-state index is -0.0479. The van der Waals surface area contributed by atoms with Crippen LogP contribution in [-0.4, -0.2) is 39.1 Å². The fraction of sp³-hybridized carbons (Fsp3) is 0.409. The van der Waals surface area contributed by atoms with Crippen LogP contribution >= 0.6 is 23.1 Å². The molecular formula is C22H26N4O2S2. The van der Waals surface area contributed by atoms with Gasteiger partial charge in [0.25, 0.3) is 0 Å². The predicted molar refractivity (Wildman–Crippen MR) is 122 cm³/mol. The van der Waals surface area contributed by atoms with E-state index in [0.29, 0.717) is 6.54 Å². The zero-order valence-corrected chi connectivity index (χ0v) is 19.1. The number of nitrogens with zero attached hydrogens (tertiary/aromatic N) is 3. The van der Waals surface area contributed by atoms with E-state index in [0.717, 1.165) is 52.8 Å². The molecule has 6 nitrogen and oxygen atoms in total. The molecule has 1 aliphatic rings. The van der Waals surface area contributed by atoms with E-state index in [9.17, 15) is 4.79 Å². The number of thiophene rings is 1. The van der Waals surface area contributed by atoms with Crippen molar-refractivity contribution in [1.82, 2.24) is 14.8 Å². The molecule has 0 bridgehead atoms. The normalized spacial score (nSPS) is 16.2. The van der Waals surface area contributed by atoms with Gasteiger partial charge in [-0.1, -0.05) is 23.9 Å². The minimum Gasteiger partial charge on any atom is -0.376 e. The first-order valence-electron chi connectivity index (χ1n) is 10.1. The van der Waals surface area contributed by atoms with E-state index in [1.54, 1.807) is 11.3 Å². The SMILES string of the molecule is Cc1cc(-c2nnc(SCC(=O)Nc3cccc(C)c3C)n2CC2CCCO2)cs1. The molecule has 1 aliphatic heterocycles. The molecule has 1 atom stereocenters. The van der Waals surface area contributed by atoms with Crippen LogP contribution in [0.3, 0.4) is 0 Å².